The molecule has 0 fully saturated rings. The van der Waals surface area contributed by atoms with Crippen molar-refractivity contribution in [3.8, 4) is 45.3 Å². The van der Waals surface area contributed by atoms with Gasteiger partial charge >= 0.3 is 0 Å². The van der Waals surface area contributed by atoms with E-state index in [4.69, 9.17) is 9.47 Å². The van der Waals surface area contributed by atoms with Gasteiger partial charge in [0.1, 0.15) is 23.0 Å². The number of nitrogens with zero attached hydrogens (tertiary/aromatic N) is 1. The SMILES string of the molecule is c1ccc(-c2ccc3c(c2)Oc2ccccc2C32c3ccccc3Oc3cc(-c4cccnc4)ccc32)cc1. The van der Waals surface area contributed by atoms with Gasteiger partial charge in [0.2, 0.25) is 0 Å². The lowest BCUT2D eigenvalue weighted by molar-refractivity contribution is 0.399. The average Bonchev–Trinajstić information content (AvgIpc) is 3.01. The largest absolute Gasteiger partial charge is 0.457 e. The predicted octanol–water partition coefficient (Wildman–Crippen LogP) is 9.01. The first-order valence-electron chi connectivity index (χ1n) is 13.1. The van der Waals surface area contributed by atoms with Crippen LogP contribution in [0.2, 0.25) is 0 Å². The highest BCUT2D eigenvalue weighted by atomic mass is 16.5. The van der Waals surface area contributed by atoms with Gasteiger partial charge in [0.05, 0.1) is 5.41 Å². The monoisotopic (exact) mass is 501 g/mol. The standard InChI is InChI=1S/C36H23NO2/c1-2-9-24(10-3-1)25-16-18-30-34(21-25)38-32-14-6-4-12-28(32)36(30)29-13-5-7-15-33(29)39-35-22-26(17-19-31(35)36)27-11-8-20-37-23-27/h1-23H. The molecule has 0 amide bonds. The molecule has 0 aliphatic carbocycles. The molecule has 1 aromatic heterocycles. The highest BCUT2D eigenvalue weighted by Gasteiger charge is 2.50. The van der Waals surface area contributed by atoms with E-state index in [1.165, 1.54) is 0 Å². The van der Waals surface area contributed by atoms with Crippen molar-refractivity contribution in [2.24, 2.45) is 0 Å². The Hall–Kier alpha value is -5.15. The third-order valence-corrected chi connectivity index (χ3v) is 7.90. The maximum atomic E-state index is 6.64. The van der Waals surface area contributed by atoms with E-state index in [0.29, 0.717) is 0 Å². The summed E-state index contributed by atoms with van der Waals surface area (Å²) in [6.07, 6.45) is 3.68. The number of pyridine rings is 1. The van der Waals surface area contributed by atoms with Gasteiger partial charge in [-0.05, 0) is 47.0 Å². The molecule has 1 atom stereocenters. The summed E-state index contributed by atoms with van der Waals surface area (Å²) in [5, 5.41) is 0. The Morgan fingerprint density at radius 3 is 1.51 bits per heavy atom. The number of hydrogen-bond donors (Lipinski definition) is 0. The molecule has 0 radical (unpaired) electrons. The van der Waals surface area contributed by atoms with Crippen molar-refractivity contribution in [1.82, 2.24) is 4.98 Å². The smallest absolute Gasteiger partial charge is 0.132 e. The van der Waals surface area contributed by atoms with Crippen LogP contribution in [0, 0.1) is 0 Å². The number of ether oxygens (including phenoxy) is 2. The molecule has 0 saturated carbocycles. The Morgan fingerprint density at radius 1 is 0.410 bits per heavy atom. The van der Waals surface area contributed by atoms with Crippen LogP contribution >= 0.6 is 0 Å². The van der Waals surface area contributed by atoms with E-state index in [1.54, 1.807) is 6.20 Å². The van der Waals surface area contributed by atoms with Crippen molar-refractivity contribution in [3.63, 3.8) is 0 Å². The van der Waals surface area contributed by atoms with Crippen LogP contribution in [0.4, 0.5) is 0 Å². The first kappa shape index (κ1) is 21.9. The minimum absolute atomic E-state index is 0.600. The normalized spacial score (nSPS) is 16.2. The molecule has 2 aliphatic rings. The van der Waals surface area contributed by atoms with Gasteiger partial charge in [0, 0.05) is 40.2 Å². The van der Waals surface area contributed by atoms with Crippen LogP contribution in [0.25, 0.3) is 22.3 Å². The summed E-state index contributed by atoms with van der Waals surface area (Å²) >= 11 is 0. The van der Waals surface area contributed by atoms with Crippen LogP contribution in [0.15, 0.2) is 140 Å². The first-order chi connectivity index (χ1) is 19.3. The number of aromatic nitrogens is 1. The molecular weight excluding hydrogens is 478 g/mol. The fourth-order valence-corrected chi connectivity index (χ4v) is 6.19. The summed E-state index contributed by atoms with van der Waals surface area (Å²) in [7, 11) is 0. The molecule has 184 valence electrons. The summed E-state index contributed by atoms with van der Waals surface area (Å²) in [6.45, 7) is 0. The number of rotatable bonds is 2. The quantitative estimate of drug-likeness (QED) is 0.237. The van der Waals surface area contributed by atoms with Crippen molar-refractivity contribution >= 4 is 0 Å². The van der Waals surface area contributed by atoms with Gasteiger partial charge in [-0.2, -0.15) is 0 Å². The van der Waals surface area contributed by atoms with Crippen LogP contribution < -0.4 is 9.47 Å². The molecule has 3 heterocycles. The predicted molar refractivity (Wildman–Crippen MR) is 154 cm³/mol. The molecule has 8 rings (SSSR count). The Morgan fingerprint density at radius 2 is 0.923 bits per heavy atom. The zero-order valence-corrected chi connectivity index (χ0v) is 21.0. The van der Waals surface area contributed by atoms with Gasteiger partial charge in [-0.25, -0.2) is 0 Å². The minimum atomic E-state index is -0.600. The van der Waals surface area contributed by atoms with Crippen LogP contribution in [0.1, 0.15) is 22.3 Å². The Labute approximate surface area is 227 Å². The van der Waals surface area contributed by atoms with Crippen molar-refractivity contribution in [2.75, 3.05) is 0 Å². The van der Waals surface area contributed by atoms with Gasteiger partial charge in [0.25, 0.3) is 0 Å². The number of benzene rings is 5. The van der Waals surface area contributed by atoms with Gasteiger partial charge in [-0.3, -0.25) is 4.98 Å². The van der Waals surface area contributed by atoms with Gasteiger partial charge in [-0.15, -0.1) is 0 Å². The second-order valence-corrected chi connectivity index (χ2v) is 9.98. The van der Waals surface area contributed by atoms with E-state index in [9.17, 15) is 0 Å². The molecule has 0 N–H and O–H groups in total. The Bertz CT molecular complexity index is 1720. The van der Waals surface area contributed by atoms with E-state index >= 15 is 0 Å². The van der Waals surface area contributed by atoms with Gasteiger partial charge < -0.3 is 9.47 Å². The van der Waals surface area contributed by atoms with E-state index in [2.05, 4.69) is 108 Å². The summed E-state index contributed by atoms with van der Waals surface area (Å²) in [4.78, 5) is 4.33. The van der Waals surface area contributed by atoms with E-state index < -0.39 is 5.41 Å². The molecule has 39 heavy (non-hydrogen) atoms. The van der Waals surface area contributed by atoms with Gasteiger partial charge in [-0.1, -0.05) is 97.1 Å². The highest BCUT2D eigenvalue weighted by molar-refractivity contribution is 5.79. The number of fused-ring (bicyclic) bond motifs is 8. The number of hydrogen-bond acceptors (Lipinski definition) is 3. The lowest BCUT2D eigenvalue weighted by Crippen LogP contribution is -2.36. The highest BCUT2D eigenvalue weighted by Crippen LogP contribution is 2.61. The van der Waals surface area contributed by atoms with Crippen LogP contribution in [-0.2, 0) is 5.41 Å². The van der Waals surface area contributed by atoms with Gasteiger partial charge in [0.15, 0.2) is 0 Å². The van der Waals surface area contributed by atoms with E-state index in [0.717, 1.165) is 67.5 Å². The lowest BCUT2D eigenvalue weighted by Gasteiger charge is -2.45. The van der Waals surface area contributed by atoms with Crippen LogP contribution in [0.3, 0.4) is 0 Å². The summed E-state index contributed by atoms with van der Waals surface area (Å²) in [5.74, 6) is 3.40. The van der Waals surface area contributed by atoms with Crippen molar-refractivity contribution < 1.29 is 9.47 Å². The zero-order chi connectivity index (χ0) is 25.8. The molecule has 5 aromatic carbocycles. The fourth-order valence-electron chi connectivity index (χ4n) is 6.19. The summed E-state index contributed by atoms with van der Waals surface area (Å²) in [6, 6.07) is 44.4. The first-order valence-corrected chi connectivity index (χ1v) is 13.1. The Kier molecular flexibility index (Phi) is 4.74. The molecule has 2 aliphatic heterocycles. The topological polar surface area (TPSA) is 31.4 Å². The maximum Gasteiger partial charge on any atom is 0.132 e. The van der Waals surface area contributed by atoms with Crippen LogP contribution in [-0.4, -0.2) is 4.98 Å². The third kappa shape index (κ3) is 3.20. The molecule has 6 aromatic rings. The molecule has 0 saturated heterocycles. The fraction of sp³-hybridized carbons (Fsp3) is 0.0278. The molecule has 1 spiro atoms. The second kappa shape index (κ2) is 8.44. The van der Waals surface area contributed by atoms with Crippen molar-refractivity contribution in [2.45, 2.75) is 5.41 Å². The maximum absolute atomic E-state index is 6.64. The molecule has 3 heteroatoms. The number of para-hydroxylation sites is 2. The van der Waals surface area contributed by atoms with Crippen LogP contribution in [0.5, 0.6) is 23.0 Å². The van der Waals surface area contributed by atoms with E-state index in [-0.39, 0.29) is 0 Å². The van der Waals surface area contributed by atoms with Crippen molar-refractivity contribution in [3.05, 3.63) is 162 Å². The average molecular weight is 502 g/mol. The molecule has 0 bridgehead atoms. The second-order valence-electron chi connectivity index (χ2n) is 9.98. The Balaban J connectivity index is 1.44. The molecule has 1 unspecified atom stereocenters. The van der Waals surface area contributed by atoms with Crippen molar-refractivity contribution in [1.29, 1.82) is 0 Å². The lowest BCUT2D eigenvalue weighted by atomic mass is 9.62. The molecule has 3 nitrogen and oxygen atoms in total. The zero-order valence-electron chi connectivity index (χ0n) is 21.0. The molecular formula is C36H23NO2. The third-order valence-electron chi connectivity index (χ3n) is 7.90. The summed E-state index contributed by atoms with van der Waals surface area (Å²) < 4.78 is 13.3. The van der Waals surface area contributed by atoms with E-state index in [1.807, 2.05) is 30.5 Å². The summed E-state index contributed by atoms with van der Waals surface area (Å²) in [5.41, 5.74) is 8.21. The minimum Gasteiger partial charge on any atom is -0.457 e.